The molecule has 0 spiro atoms. The summed E-state index contributed by atoms with van der Waals surface area (Å²) < 4.78 is 0. The maximum absolute atomic E-state index is 3.49. The van der Waals surface area contributed by atoms with E-state index in [-0.39, 0.29) is 0 Å². The second-order valence-electron chi connectivity index (χ2n) is 4.18. The van der Waals surface area contributed by atoms with E-state index in [4.69, 9.17) is 0 Å². The zero-order chi connectivity index (χ0) is 9.97. The molecule has 1 aromatic rings. The zero-order valence-electron chi connectivity index (χ0n) is 8.88. The lowest BCUT2D eigenvalue weighted by Gasteiger charge is -2.02. The maximum atomic E-state index is 3.49. The molecule has 72 valence electrons. The smallest absolute Gasteiger partial charge is 0.00423 e. The first-order valence-corrected chi connectivity index (χ1v) is 5.27. The van der Waals surface area contributed by atoms with Gasteiger partial charge >= 0.3 is 0 Å². The lowest BCUT2D eigenvalue weighted by molar-refractivity contribution is 1.14. The van der Waals surface area contributed by atoms with Crippen LogP contribution < -0.4 is 0 Å². The summed E-state index contributed by atoms with van der Waals surface area (Å²) in [6, 6.07) is 10.6. The molecule has 14 heavy (non-hydrogen) atoms. The average Bonchev–Trinajstić information content (AvgIpc) is 2.99. The Morgan fingerprint density at radius 1 is 1.14 bits per heavy atom. The van der Waals surface area contributed by atoms with Gasteiger partial charge in [-0.05, 0) is 43.7 Å². The van der Waals surface area contributed by atoms with Crippen LogP contribution in [-0.4, -0.2) is 0 Å². The van der Waals surface area contributed by atoms with Crippen LogP contribution in [0.15, 0.2) is 41.6 Å². The summed E-state index contributed by atoms with van der Waals surface area (Å²) in [4.78, 5) is 0. The number of rotatable bonds is 2. The molecule has 0 amide bonds. The van der Waals surface area contributed by atoms with Gasteiger partial charge in [-0.15, -0.1) is 5.73 Å². The summed E-state index contributed by atoms with van der Waals surface area (Å²) in [5, 5.41) is 0. The Labute approximate surface area is 86.0 Å². The summed E-state index contributed by atoms with van der Waals surface area (Å²) >= 11 is 0. The molecule has 1 fully saturated rings. The molecule has 2 rings (SSSR count). The van der Waals surface area contributed by atoms with Crippen molar-refractivity contribution in [2.24, 2.45) is 5.92 Å². The molecule has 0 heteroatoms. The van der Waals surface area contributed by atoms with Gasteiger partial charge in [0, 0.05) is 5.57 Å². The molecule has 0 atom stereocenters. The van der Waals surface area contributed by atoms with Crippen LogP contribution in [0.3, 0.4) is 0 Å². The Morgan fingerprint density at radius 2 is 1.79 bits per heavy atom. The van der Waals surface area contributed by atoms with Crippen molar-refractivity contribution in [3.8, 4) is 0 Å². The fraction of sp³-hybridized carbons (Fsp3) is 0.357. The molecule has 0 N–H and O–H groups in total. The third kappa shape index (κ3) is 2.16. The van der Waals surface area contributed by atoms with Gasteiger partial charge in [-0.25, -0.2) is 0 Å². The van der Waals surface area contributed by atoms with Gasteiger partial charge in [-0.1, -0.05) is 30.3 Å². The molecule has 1 aliphatic carbocycles. The quantitative estimate of drug-likeness (QED) is 0.608. The van der Waals surface area contributed by atoms with Gasteiger partial charge in [-0.2, -0.15) is 0 Å². The summed E-state index contributed by atoms with van der Waals surface area (Å²) in [6.07, 6.45) is 2.68. The van der Waals surface area contributed by atoms with Crippen LogP contribution in [0.4, 0.5) is 0 Å². The minimum Gasteiger partial charge on any atom is -0.118 e. The van der Waals surface area contributed by atoms with Crippen molar-refractivity contribution in [3.05, 3.63) is 47.2 Å². The van der Waals surface area contributed by atoms with Crippen molar-refractivity contribution >= 4 is 5.57 Å². The van der Waals surface area contributed by atoms with Crippen molar-refractivity contribution in [1.29, 1.82) is 0 Å². The van der Waals surface area contributed by atoms with E-state index in [2.05, 4.69) is 49.9 Å². The molecule has 0 aliphatic heterocycles. The van der Waals surface area contributed by atoms with Crippen LogP contribution >= 0.6 is 0 Å². The largest absolute Gasteiger partial charge is 0.118 e. The van der Waals surface area contributed by atoms with Crippen LogP contribution in [0, 0.1) is 5.92 Å². The molecule has 0 nitrogen and oxygen atoms in total. The van der Waals surface area contributed by atoms with Crippen LogP contribution in [0.5, 0.6) is 0 Å². The summed E-state index contributed by atoms with van der Waals surface area (Å²) in [6.45, 7) is 4.23. The first-order valence-electron chi connectivity index (χ1n) is 5.27. The van der Waals surface area contributed by atoms with Gasteiger partial charge in [0.2, 0.25) is 0 Å². The van der Waals surface area contributed by atoms with Gasteiger partial charge in [-0.3, -0.25) is 0 Å². The fourth-order valence-electron chi connectivity index (χ4n) is 1.67. The fourth-order valence-corrected chi connectivity index (χ4v) is 1.67. The molecule has 1 aromatic carbocycles. The van der Waals surface area contributed by atoms with E-state index < -0.39 is 0 Å². The summed E-state index contributed by atoms with van der Waals surface area (Å²) in [7, 11) is 0. The van der Waals surface area contributed by atoms with Crippen molar-refractivity contribution in [2.75, 3.05) is 0 Å². The molecule has 0 radical (unpaired) electrons. The van der Waals surface area contributed by atoms with E-state index in [0.717, 1.165) is 5.92 Å². The van der Waals surface area contributed by atoms with E-state index in [0.29, 0.717) is 0 Å². The van der Waals surface area contributed by atoms with Crippen LogP contribution in [-0.2, 0) is 0 Å². The van der Waals surface area contributed by atoms with Crippen LogP contribution in [0.25, 0.3) is 5.57 Å². The molecular formula is C14H16. The lowest BCUT2D eigenvalue weighted by atomic mass is 10.0. The van der Waals surface area contributed by atoms with Crippen molar-refractivity contribution in [2.45, 2.75) is 26.7 Å². The standard InChI is InChI=1S/C14H16/c1-11(2)10-14(13-8-9-13)12-6-4-3-5-7-12/h3-7,13H,8-9H2,1-2H3. The third-order valence-electron chi connectivity index (χ3n) is 2.46. The number of benzene rings is 1. The molecule has 0 bridgehead atoms. The summed E-state index contributed by atoms with van der Waals surface area (Å²) in [5.41, 5.74) is 7.52. The topological polar surface area (TPSA) is 0 Å². The van der Waals surface area contributed by atoms with Crippen molar-refractivity contribution < 1.29 is 0 Å². The predicted octanol–water partition coefficient (Wildman–Crippen LogP) is 4.05. The van der Waals surface area contributed by atoms with E-state index in [1.165, 1.54) is 29.6 Å². The SMILES string of the molecule is CC(C)=C=C(c1ccccc1)C1CC1. The average molecular weight is 184 g/mol. The minimum absolute atomic E-state index is 0.771. The second kappa shape index (κ2) is 3.86. The highest BCUT2D eigenvalue weighted by Crippen LogP contribution is 2.41. The molecular weight excluding hydrogens is 168 g/mol. The highest BCUT2D eigenvalue weighted by molar-refractivity contribution is 5.68. The monoisotopic (exact) mass is 184 g/mol. The molecule has 0 heterocycles. The van der Waals surface area contributed by atoms with Gasteiger partial charge in [0.05, 0.1) is 0 Å². The number of allylic oxidation sites excluding steroid dienone is 1. The Kier molecular flexibility index (Phi) is 2.56. The normalized spacial score (nSPS) is 14.7. The zero-order valence-corrected chi connectivity index (χ0v) is 8.88. The first kappa shape index (κ1) is 9.30. The third-order valence-corrected chi connectivity index (χ3v) is 2.46. The first-order chi connectivity index (χ1) is 6.77. The van der Waals surface area contributed by atoms with Crippen LogP contribution in [0.2, 0.25) is 0 Å². The lowest BCUT2D eigenvalue weighted by Crippen LogP contribution is -1.84. The highest BCUT2D eigenvalue weighted by atomic mass is 14.3. The Morgan fingerprint density at radius 3 is 2.29 bits per heavy atom. The Balaban J connectivity index is 2.43. The van der Waals surface area contributed by atoms with E-state index in [1.807, 2.05) is 0 Å². The van der Waals surface area contributed by atoms with Gasteiger partial charge in [0.15, 0.2) is 0 Å². The van der Waals surface area contributed by atoms with Gasteiger partial charge in [0.25, 0.3) is 0 Å². The van der Waals surface area contributed by atoms with E-state index in [9.17, 15) is 0 Å². The molecule has 1 saturated carbocycles. The van der Waals surface area contributed by atoms with Crippen molar-refractivity contribution in [1.82, 2.24) is 0 Å². The van der Waals surface area contributed by atoms with Crippen molar-refractivity contribution in [3.63, 3.8) is 0 Å². The predicted molar refractivity (Wildman–Crippen MR) is 60.9 cm³/mol. The van der Waals surface area contributed by atoms with E-state index >= 15 is 0 Å². The van der Waals surface area contributed by atoms with Gasteiger partial charge < -0.3 is 0 Å². The molecule has 0 unspecified atom stereocenters. The second-order valence-corrected chi connectivity index (χ2v) is 4.18. The van der Waals surface area contributed by atoms with Gasteiger partial charge in [0.1, 0.15) is 0 Å². The highest BCUT2D eigenvalue weighted by Gasteiger charge is 2.26. The molecule has 0 aromatic heterocycles. The summed E-state index contributed by atoms with van der Waals surface area (Å²) in [5.74, 6) is 0.771. The van der Waals surface area contributed by atoms with Crippen LogP contribution in [0.1, 0.15) is 32.3 Å². The Bertz CT molecular complexity index is 370. The maximum Gasteiger partial charge on any atom is 0.00423 e. The number of hydrogen-bond donors (Lipinski definition) is 0. The minimum atomic E-state index is 0.771. The molecule has 0 saturated heterocycles. The number of hydrogen-bond acceptors (Lipinski definition) is 0. The van der Waals surface area contributed by atoms with E-state index in [1.54, 1.807) is 0 Å². The molecule has 1 aliphatic rings. The Hall–Kier alpha value is -1.26.